The van der Waals surface area contributed by atoms with Crippen LogP contribution >= 0.6 is 28.3 Å². The predicted molar refractivity (Wildman–Crippen MR) is 77.3 cm³/mol. The number of rotatable bonds is 5. The van der Waals surface area contributed by atoms with Crippen LogP contribution in [0.1, 0.15) is 22.8 Å². The standard InChI is InChI=1S/C12H14BrF3N2O.ClH/c1-2-17-5-6-18-11(19)9-4-3-8(13)7-10(9)12(14,15)16;/h3-4,7,17H,2,5-6H2,1H3,(H,18,19);1H. The summed E-state index contributed by atoms with van der Waals surface area (Å²) in [5.41, 5.74) is -1.31. The van der Waals surface area contributed by atoms with Crippen LogP contribution in [0, 0.1) is 0 Å². The molecule has 20 heavy (non-hydrogen) atoms. The fraction of sp³-hybridized carbons (Fsp3) is 0.417. The van der Waals surface area contributed by atoms with Gasteiger partial charge in [0.25, 0.3) is 5.91 Å². The van der Waals surface area contributed by atoms with E-state index in [1.807, 2.05) is 6.92 Å². The first-order valence-electron chi connectivity index (χ1n) is 5.72. The van der Waals surface area contributed by atoms with Crippen molar-refractivity contribution >= 4 is 34.2 Å². The lowest BCUT2D eigenvalue weighted by atomic mass is 10.1. The fourth-order valence-electron chi connectivity index (χ4n) is 1.49. The fourth-order valence-corrected chi connectivity index (χ4v) is 1.85. The van der Waals surface area contributed by atoms with E-state index in [2.05, 4.69) is 26.6 Å². The normalized spacial score (nSPS) is 10.8. The molecular weight excluding hydrogens is 360 g/mol. The van der Waals surface area contributed by atoms with E-state index in [9.17, 15) is 18.0 Å². The highest BCUT2D eigenvalue weighted by Crippen LogP contribution is 2.33. The van der Waals surface area contributed by atoms with Crippen molar-refractivity contribution in [3.63, 3.8) is 0 Å². The number of hydrogen-bond donors (Lipinski definition) is 2. The topological polar surface area (TPSA) is 41.1 Å². The molecule has 0 unspecified atom stereocenters. The summed E-state index contributed by atoms with van der Waals surface area (Å²) >= 11 is 2.97. The molecule has 2 N–H and O–H groups in total. The summed E-state index contributed by atoms with van der Waals surface area (Å²) in [5.74, 6) is -0.724. The van der Waals surface area contributed by atoms with Crippen LogP contribution in [0.2, 0.25) is 0 Å². The molecule has 0 aliphatic rings. The molecule has 0 spiro atoms. The molecule has 3 nitrogen and oxygen atoms in total. The van der Waals surface area contributed by atoms with Crippen molar-refractivity contribution < 1.29 is 18.0 Å². The molecule has 1 amide bonds. The van der Waals surface area contributed by atoms with Gasteiger partial charge in [-0.25, -0.2) is 0 Å². The summed E-state index contributed by atoms with van der Waals surface area (Å²) in [5, 5.41) is 5.41. The van der Waals surface area contributed by atoms with Crippen LogP contribution in [-0.2, 0) is 6.18 Å². The molecule has 0 heterocycles. The Labute approximate surface area is 129 Å². The van der Waals surface area contributed by atoms with Gasteiger partial charge in [-0.1, -0.05) is 22.9 Å². The third kappa shape index (κ3) is 5.68. The Kier molecular flexibility index (Phi) is 8.15. The van der Waals surface area contributed by atoms with Gasteiger partial charge >= 0.3 is 6.18 Å². The molecule has 1 aromatic carbocycles. The van der Waals surface area contributed by atoms with Crippen molar-refractivity contribution in [1.82, 2.24) is 10.6 Å². The summed E-state index contributed by atoms with van der Waals surface area (Å²) in [7, 11) is 0. The largest absolute Gasteiger partial charge is 0.417 e. The highest BCUT2D eigenvalue weighted by Gasteiger charge is 2.35. The Morgan fingerprint density at radius 2 is 1.95 bits per heavy atom. The number of halogens is 5. The Bertz CT molecular complexity index is 455. The molecule has 0 saturated carbocycles. The van der Waals surface area contributed by atoms with Gasteiger partial charge in [0, 0.05) is 17.6 Å². The van der Waals surface area contributed by atoms with E-state index in [0.717, 1.165) is 18.7 Å². The van der Waals surface area contributed by atoms with E-state index < -0.39 is 17.6 Å². The van der Waals surface area contributed by atoms with Gasteiger partial charge in [0.15, 0.2) is 0 Å². The van der Waals surface area contributed by atoms with Gasteiger partial charge in [-0.2, -0.15) is 13.2 Å². The molecule has 114 valence electrons. The molecule has 0 saturated heterocycles. The maximum absolute atomic E-state index is 12.8. The van der Waals surface area contributed by atoms with Gasteiger partial charge in [-0.3, -0.25) is 4.79 Å². The molecule has 1 aromatic rings. The molecule has 0 radical (unpaired) electrons. The number of alkyl halides is 3. The van der Waals surface area contributed by atoms with Crippen molar-refractivity contribution in [3.8, 4) is 0 Å². The Hall–Kier alpha value is -0.790. The van der Waals surface area contributed by atoms with Crippen LogP contribution in [0.3, 0.4) is 0 Å². The first kappa shape index (κ1) is 19.2. The van der Waals surface area contributed by atoms with Gasteiger partial charge in [0.1, 0.15) is 0 Å². The molecule has 0 aromatic heterocycles. The van der Waals surface area contributed by atoms with Crippen molar-refractivity contribution in [3.05, 3.63) is 33.8 Å². The van der Waals surface area contributed by atoms with Crippen LogP contribution in [0.4, 0.5) is 13.2 Å². The zero-order valence-electron chi connectivity index (χ0n) is 10.7. The van der Waals surface area contributed by atoms with E-state index >= 15 is 0 Å². The number of benzene rings is 1. The van der Waals surface area contributed by atoms with Crippen LogP contribution in [0.25, 0.3) is 0 Å². The Balaban J connectivity index is 0.00000361. The van der Waals surface area contributed by atoms with Crippen LogP contribution < -0.4 is 10.6 Å². The van der Waals surface area contributed by atoms with Gasteiger partial charge < -0.3 is 10.6 Å². The van der Waals surface area contributed by atoms with E-state index in [4.69, 9.17) is 0 Å². The minimum Gasteiger partial charge on any atom is -0.351 e. The molecule has 0 fully saturated rings. The van der Waals surface area contributed by atoms with Gasteiger partial charge in [-0.05, 0) is 24.7 Å². The molecule has 0 atom stereocenters. The predicted octanol–water partition coefficient (Wildman–Crippen LogP) is 3.23. The number of hydrogen-bond acceptors (Lipinski definition) is 2. The van der Waals surface area contributed by atoms with E-state index in [1.165, 1.54) is 6.07 Å². The number of carbonyl (C=O) groups excluding carboxylic acids is 1. The summed E-state index contributed by atoms with van der Waals surface area (Å²) in [6.07, 6.45) is -4.56. The Morgan fingerprint density at radius 3 is 2.50 bits per heavy atom. The van der Waals surface area contributed by atoms with E-state index in [0.29, 0.717) is 6.54 Å². The average Bonchev–Trinajstić information content (AvgIpc) is 2.33. The lowest BCUT2D eigenvalue weighted by Crippen LogP contribution is -2.32. The molecule has 0 aliphatic carbocycles. The average molecular weight is 376 g/mol. The highest BCUT2D eigenvalue weighted by atomic mass is 79.9. The van der Waals surface area contributed by atoms with Crippen LogP contribution in [-0.4, -0.2) is 25.5 Å². The van der Waals surface area contributed by atoms with Gasteiger partial charge in [0.2, 0.25) is 0 Å². The smallest absolute Gasteiger partial charge is 0.351 e. The van der Waals surface area contributed by atoms with Gasteiger partial charge in [0.05, 0.1) is 11.1 Å². The van der Waals surface area contributed by atoms with Gasteiger partial charge in [-0.15, -0.1) is 12.4 Å². The molecule has 0 bridgehead atoms. The van der Waals surface area contributed by atoms with Crippen molar-refractivity contribution in [2.45, 2.75) is 13.1 Å². The minimum absolute atomic E-state index is 0. The molecule has 0 aliphatic heterocycles. The van der Waals surface area contributed by atoms with E-state index in [1.54, 1.807) is 0 Å². The first-order chi connectivity index (χ1) is 8.86. The SMILES string of the molecule is CCNCCNC(=O)c1ccc(Br)cc1C(F)(F)F.Cl. The molecule has 1 rings (SSSR count). The summed E-state index contributed by atoms with van der Waals surface area (Å²) < 4.78 is 38.7. The lowest BCUT2D eigenvalue weighted by molar-refractivity contribution is -0.138. The highest BCUT2D eigenvalue weighted by molar-refractivity contribution is 9.10. The quantitative estimate of drug-likeness (QED) is 0.776. The van der Waals surface area contributed by atoms with E-state index in [-0.39, 0.29) is 29.0 Å². The van der Waals surface area contributed by atoms with Crippen LogP contribution in [0.15, 0.2) is 22.7 Å². The van der Waals surface area contributed by atoms with Crippen molar-refractivity contribution in [2.75, 3.05) is 19.6 Å². The number of likely N-dealkylation sites (N-methyl/N-ethyl adjacent to an activating group) is 1. The second-order valence-corrected chi connectivity index (χ2v) is 4.71. The summed E-state index contributed by atoms with van der Waals surface area (Å²) in [6.45, 7) is 3.43. The van der Waals surface area contributed by atoms with Crippen molar-refractivity contribution in [2.24, 2.45) is 0 Å². The molecular formula is C12H15BrClF3N2O. The number of nitrogens with one attached hydrogen (secondary N) is 2. The first-order valence-corrected chi connectivity index (χ1v) is 6.51. The van der Waals surface area contributed by atoms with Crippen LogP contribution in [0.5, 0.6) is 0 Å². The minimum atomic E-state index is -4.56. The zero-order chi connectivity index (χ0) is 14.5. The monoisotopic (exact) mass is 374 g/mol. The lowest BCUT2D eigenvalue weighted by Gasteiger charge is -2.13. The second-order valence-electron chi connectivity index (χ2n) is 3.80. The third-order valence-corrected chi connectivity index (χ3v) is 2.86. The Morgan fingerprint density at radius 1 is 1.30 bits per heavy atom. The zero-order valence-corrected chi connectivity index (χ0v) is 13.1. The summed E-state index contributed by atoms with van der Waals surface area (Å²) in [6, 6.07) is 3.48. The number of amides is 1. The number of carbonyl (C=O) groups is 1. The maximum Gasteiger partial charge on any atom is 0.417 e. The summed E-state index contributed by atoms with van der Waals surface area (Å²) in [4.78, 5) is 11.7. The van der Waals surface area contributed by atoms with Crippen molar-refractivity contribution in [1.29, 1.82) is 0 Å². The molecule has 8 heteroatoms. The second kappa shape index (κ2) is 8.49. The maximum atomic E-state index is 12.8. The third-order valence-electron chi connectivity index (χ3n) is 2.37.